The summed E-state index contributed by atoms with van der Waals surface area (Å²) >= 11 is 8.16. The van der Waals surface area contributed by atoms with E-state index in [9.17, 15) is 16.8 Å². The van der Waals surface area contributed by atoms with Gasteiger partial charge >= 0.3 is 0 Å². The first-order chi connectivity index (χ1) is 17.3. The molecular weight excluding hydrogens is 593 g/mol. The number of anilines is 1. The maximum absolute atomic E-state index is 11.3. The Morgan fingerprint density at radius 1 is 0.974 bits per heavy atom. The van der Waals surface area contributed by atoms with Crippen LogP contribution in [-0.2, 0) is 28.6 Å². The van der Waals surface area contributed by atoms with Gasteiger partial charge in [0, 0.05) is 41.0 Å². The normalized spacial score (nSPS) is 12.0. The van der Waals surface area contributed by atoms with Gasteiger partial charge in [0.2, 0.25) is 0 Å². The van der Waals surface area contributed by atoms with Crippen molar-refractivity contribution in [3.8, 4) is 11.3 Å². The summed E-state index contributed by atoms with van der Waals surface area (Å²) in [6, 6.07) is 13.0. The summed E-state index contributed by atoms with van der Waals surface area (Å²) in [6.45, 7) is 4.16. The second-order valence-corrected chi connectivity index (χ2v) is 13.3. The van der Waals surface area contributed by atoms with Gasteiger partial charge in [0.05, 0.1) is 47.1 Å². The number of aryl methyl sites for hydroxylation is 2. The molecule has 0 fully saturated rings. The minimum atomic E-state index is -3.61. The van der Waals surface area contributed by atoms with E-state index in [1.807, 2.05) is 31.2 Å². The van der Waals surface area contributed by atoms with Gasteiger partial charge in [-0.1, -0.05) is 23.7 Å². The summed E-state index contributed by atoms with van der Waals surface area (Å²) in [5.41, 5.74) is 4.09. The second-order valence-electron chi connectivity index (χ2n) is 8.19. The van der Waals surface area contributed by atoms with Crippen molar-refractivity contribution in [3.63, 3.8) is 0 Å². The van der Waals surface area contributed by atoms with Crippen LogP contribution in [0.4, 0.5) is 11.4 Å². The average molecular weight is 623 g/mol. The van der Waals surface area contributed by atoms with E-state index in [0.717, 1.165) is 34.5 Å². The van der Waals surface area contributed by atoms with Crippen LogP contribution in [0.2, 0.25) is 5.02 Å². The molecule has 14 heteroatoms. The molecule has 3 rings (SSSR count). The fourth-order valence-electron chi connectivity index (χ4n) is 3.43. The third-order valence-corrected chi connectivity index (χ3v) is 7.47. The van der Waals surface area contributed by atoms with E-state index in [0.29, 0.717) is 16.3 Å². The van der Waals surface area contributed by atoms with E-state index in [2.05, 4.69) is 16.9 Å². The Morgan fingerprint density at radius 3 is 2.03 bits per heavy atom. The number of halogens is 2. The summed E-state index contributed by atoms with van der Waals surface area (Å²) < 4.78 is 54.9. The standard InChI is InChI=1S/C24H28ClN3O6S3.ClH/c1-17-24(27-18(2)35-17)19-5-8-21(9-6-19)26-16-20-7-10-22(15-23(20)25)28(11-13-33-36(3,29)30)12-14-34-37(4,31)32;/h5-10,15-16H,11-14H2,1-4H3;1H. The molecule has 1 heterocycles. The highest BCUT2D eigenvalue weighted by Gasteiger charge is 2.13. The zero-order valence-electron chi connectivity index (χ0n) is 21.2. The zero-order valence-corrected chi connectivity index (χ0v) is 25.3. The summed E-state index contributed by atoms with van der Waals surface area (Å²) in [5, 5.41) is 1.45. The largest absolute Gasteiger partial charge is 0.367 e. The van der Waals surface area contributed by atoms with Crippen LogP contribution in [0.1, 0.15) is 15.4 Å². The molecule has 0 aliphatic rings. The van der Waals surface area contributed by atoms with Gasteiger partial charge in [-0.05, 0) is 44.2 Å². The van der Waals surface area contributed by atoms with Crippen LogP contribution in [0.15, 0.2) is 47.5 Å². The monoisotopic (exact) mass is 621 g/mol. The summed E-state index contributed by atoms with van der Waals surface area (Å²) in [4.78, 5) is 12.0. The molecule has 9 nitrogen and oxygen atoms in total. The molecule has 0 spiro atoms. The molecule has 0 saturated carbocycles. The van der Waals surface area contributed by atoms with Crippen molar-refractivity contribution in [1.82, 2.24) is 4.98 Å². The van der Waals surface area contributed by atoms with Crippen molar-refractivity contribution in [2.24, 2.45) is 4.99 Å². The molecule has 0 aliphatic heterocycles. The molecule has 0 bridgehead atoms. The van der Waals surface area contributed by atoms with Crippen LogP contribution in [-0.4, -0.2) is 66.8 Å². The number of aliphatic imine (C=N–C) groups is 1. The van der Waals surface area contributed by atoms with Crippen LogP contribution in [0.3, 0.4) is 0 Å². The van der Waals surface area contributed by atoms with E-state index >= 15 is 0 Å². The smallest absolute Gasteiger partial charge is 0.264 e. The number of nitrogens with zero attached hydrogens (tertiary/aromatic N) is 3. The van der Waals surface area contributed by atoms with E-state index in [1.54, 1.807) is 40.7 Å². The molecule has 1 aromatic heterocycles. The molecule has 0 atom stereocenters. The summed E-state index contributed by atoms with van der Waals surface area (Å²) in [7, 11) is -7.23. The lowest BCUT2D eigenvalue weighted by Gasteiger charge is -2.24. The lowest BCUT2D eigenvalue weighted by atomic mass is 10.1. The number of benzene rings is 2. The van der Waals surface area contributed by atoms with Crippen molar-refractivity contribution in [3.05, 3.63) is 62.9 Å². The predicted molar refractivity (Wildman–Crippen MR) is 157 cm³/mol. The van der Waals surface area contributed by atoms with Crippen molar-refractivity contribution >= 4 is 73.2 Å². The van der Waals surface area contributed by atoms with E-state index in [1.165, 1.54) is 4.88 Å². The number of thiazole rings is 1. The van der Waals surface area contributed by atoms with Crippen molar-refractivity contribution in [2.45, 2.75) is 13.8 Å². The van der Waals surface area contributed by atoms with Crippen molar-refractivity contribution < 1.29 is 25.2 Å². The maximum Gasteiger partial charge on any atom is 0.264 e. The number of hydrogen-bond acceptors (Lipinski definition) is 10. The van der Waals surface area contributed by atoms with Gasteiger partial charge in [-0.15, -0.1) is 23.7 Å². The van der Waals surface area contributed by atoms with E-state index < -0.39 is 20.2 Å². The van der Waals surface area contributed by atoms with Gasteiger partial charge in [-0.3, -0.25) is 13.4 Å². The third-order valence-electron chi connectivity index (χ3n) is 5.06. The maximum atomic E-state index is 11.3. The summed E-state index contributed by atoms with van der Waals surface area (Å²) in [5.74, 6) is 0. The van der Waals surface area contributed by atoms with Crippen LogP contribution >= 0.6 is 35.3 Å². The Hall–Kier alpha value is -2.06. The first-order valence-electron chi connectivity index (χ1n) is 11.1. The van der Waals surface area contributed by atoms with Gasteiger partial charge in [0.25, 0.3) is 20.2 Å². The van der Waals surface area contributed by atoms with Crippen molar-refractivity contribution in [1.29, 1.82) is 0 Å². The molecule has 0 unspecified atom stereocenters. The molecule has 3 aromatic rings. The van der Waals surface area contributed by atoms with Crippen molar-refractivity contribution in [2.75, 3.05) is 43.7 Å². The molecule has 208 valence electrons. The minimum absolute atomic E-state index is 0. The van der Waals surface area contributed by atoms with Crippen LogP contribution < -0.4 is 4.90 Å². The quantitative estimate of drug-likeness (QED) is 0.205. The molecule has 0 N–H and O–H groups in total. The van der Waals surface area contributed by atoms with Gasteiger partial charge in [-0.25, -0.2) is 4.98 Å². The second kappa shape index (κ2) is 13.8. The Bertz CT molecular complexity index is 1440. The number of aromatic nitrogens is 1. The molecule has 38 heavy (non-hydrogen) atoms. The Kier molecular flexibility index (Phi) is 11.7. The molecule has 0 radical (unpaired) electrons. The first kappa shape index (κ1) is 32.2. The predicted octanol–water partition coefficient (Wildman–Crippen LogP) is 5.01. The third kappa shape index (κ3) is 10.3. The molecule has 2 aromatic carbocycles. The Morgan fingerprint density at radius 2 is 1.55 bits per heavy atom. The van der Waals surface area contributed by atoms with Gasteiger partial charge in [-0.2, -0.15) is 16.8 Å². The fraction of sp³-hybridized carbons (Fsp3) is 0.333. The Balaban J connectivity index is 0.00000507. The SMILES string of the molecule is Cc1nc(-c2ccc(N=Cc3ccc(N(CCOS(C)(=O)=O)CCOS(C)(=O)=O)cc3Cl)cc2)c(C)s1.Cl. The molecular formula is C24H29Cl2N3O6S3. The highest BCUT2D eigenvalue weighted by atomic mass is 35.5. The lowest BCUT2D eigenvalue weighted by molar-refractivity contribution is 0.309. The lowest BCUT2D eigenvalue weighted by Crippen LogP contribution is -2.32. The number of rotatable bonds is 12. The fourth-order valence-corrected chi connectivity index (χ4v) is 5.25. The van der Waals surface area contributed by atoms with Gasteiger partial charge in [0.15, 0.2) is 0 Å². The average Bonchev–Trinajstić information content (AvgIpc) is 3.14. The van der Waals surface area contributed by atoms with Crippen LogP contribution in [0.25, 0.3) is 11.3 Å². The van der Waals surface area contributed by atoms with Gasteiger partial charge in [0.1, 0.15) is 0 Å². The topological polar surface area (TPSA) is 115 Å². The minimum Gasteiger partial charge on any atom is -0.367 e. The molecule has 0 amide bonds. The van der Waals surface area contributed by atoms with Crippen LogP contribution in [0, 0.1) is 13.8 Å². The highest BCUT2D eigenvalue weighted by molar-refractivity contribution is 7.86. The summed E-state index contributed by atoms with van der Waals surface area (Å²) in [6.07, 6.45) is 3.58. The van der Waals surface area contributed by atoms with Gasteiger partial charge < -0.3 is 4.90 Å². The molecule has 0 aliphatic carbocycles. The van der Waals surface area contributed by atoms with E-state index in [-0.39, 0.29) is 38.7 Å². The van der Waals surface area contributed by atoms with E-state index in [4.69, 9.17) is 20.0 Å². The first-order valence-corrected chi connectivity index (χ1v) is 16.0. The molecule has 0 saturated heterocycles. The Labute approximate surface area is 239 Å². The van der Waals surface area contributed by atoms with Crippen LogP contribution in [0.5, 0.6) is 0 Å². The highest BCUT2D eigenvalue weighted by Crippen LogP contribution is 2.29. The zero-order chi connectivity index (χ0) is 27.2. The number of hydrogen-bond donors (Lipinski definition) is 0.